The maximum Gasteiger partial charge on any atom is 0.242 e. The van der Waals surface area contributed by atoms with Gasteiger partial charge in [-0.3, -0.25) is 0 Å². The van der Waals surface area contributed by atoms with E-state index < -0.39 is 8.32 Å². The average Bonchev–Trinajstić information content (AvgIpc) is 2.18. The van der Waals surface area contributed by atoms with Gasteiger partial charge in [0.1, 0.15) is 5.75 Å². The standard InChI is InChI=1S/C13H20O2Si/c1-6-7-11-8-9-12(13(10-11)14-2)15-16(3,4)5/h6-10H,1-5H3/b7-6+. The number of benzene rings is 1. The fourth-order valence-corrected chi connectivity index (χ4v) is 2.22. The van der Waals surface area contributed by atoms with E-state index >= 15 is 0 Å². The number of hydrogen-bond acceptors (Lipinski definition) is 2. The van der Waals surface area contributed by atoms with E-state index in [0.717, 1.165) is 17.1 Å². The molecule has 0 radical (unpaired) electrons. The van der Waals surface area contributed by atoms with Crippen molar-refractivity contribution >= 4 is 14.4 Å². The molecule has 0 saturated carbocycles. The van der Waals surface area contributed by atoms with Crippen molar-refractivity contribution in [1.29, 1.82) is 0 Å². The van der Waals surface area contributed by atoms with Gasteiger partial charge in [-0.2, -0.15) is 0 Å². The first kappa shape index (κ1) is 12.8. The third-order valence-corrected chi connectivity index (χ3v) is 2.80. The van der Waals surface area contributed by atoms with Crippen LogP contribution in [0.1, 0.15) is 12.5 Å². The van der Waals surface area contributed by atoms with Gasteiger partial charge in [0.15, 0.2) is 5.75 Å². The van der Waals surface area contributed by atoms with E-state index in [-0.39, 0.29) is 0 Å². The summed E-state index contributed by atoms with van der Waals surface area (Å²) >= 11 is 0. The Kier molecular flexibility index (Phi) is 4.18. The number of methoxy groups -OCH3 is 1. The third kappa shape index (κ3) is 3.74. The van der Waals surface area contributed by atoms with Crippen molar-refractivity contribution in [3.8, 4) is 11.5 Å². The van der Waals surface area contributed by atoms with Crippen LogP contribution in [-0.4, -0.2) is 15.4 Å². The van der Waals surface area contributed by atoms with E-state index in [2.05, 4.69) is 19.6 Å². The summed E-state index contributed by atoms with van der Waals surface area (Å²) in [6.07, 6.45) is 4.05. The minimum absolute atomic E-state index is 0.804. The first-order valence-corrected chi connectivity index (χ1v) is 8.87. The number of hydrogen-bond donors (Lipinski definition) is 0. The van der Waals surface area contributed by atoms with Gasteiger partial charge in [-0.25, -0.2) is 0 Å². The summed E-state index contributed by atoms with van der Waals surface area (Å²) in [5.74, 6) is 1.65. The highest BCUT2D eigenvalue weighted by Crippen LogP contribution is 2.30. The smallest absolute Gasteiger partial charge is 0.242 e. The lowest BCUT2D eigenvalue weighted by molar-refractivity contribution is 0.392. The van der Waals surface area contributed by atoms with E-state index in [1.54, 1.807) is 7.11 Å². The van der Waals surface area contributed by atoms with Crippen LogP contribution in [0.5, 0.6) is 11.5 Å². The minimum atomic E-state index is -1.58. The zero-order chi connectivity index (χ0) is 12.2. The van der Waals surface area contributed by atoms with Crippen LogP contribution in [0.15, 0.2) is 24.3 Å². The molecule has 0 fully saturated rings. The molecule has 1 aromatic rings. The third-order valence-electron chi connectivity index (χ3n) is 1.96. The fourth-order valence-electron chi connectivity index (χ4n) is 1.39. The Labute approximate surface area is 99.0 Å². The second-order valence-electron chi connectivity index (χ2n) is 4.62. The molecule has 1 aromatic carbocycles. The first-order valence-electron chi connectivity index (χ1n) is 5.46. The van der Waals surface area contributed by atoms with Crippen molar-refractivity contribution < 1.29 is 9.16 Å². The van der Waals surface area contributed by atoms with Crippen LogP contribution >= 0.6 is 0 Å². The van der Waals surface area contributed by atoms with Gasteiger partial charge in [-0.05, 0) is 44.3 Å². The molecule has 0 N–H and O–H groups in total. The molecule has 0 amide bonds. The summed E-state index contributed by atoms with van der Waals surface area (Å²) in [4.78, 5) is 0. The molecule has 16 heavy (non-hydrogen) atoms. The van der Waals surface area contributed by atoms with Gasteiger partial charge in [0.05, 0.1) is 7.11 Å². The second kappa shape index (κ2) is 5.21. The molecule has 0 aromatic heterocycles. The molecule has 2 nitrogen and oxygen atoms in total. The maximum absolute atomic E-state index is 5.95. The summed E-state index contributed by atoms with van der Waals surface area (Å²) in [5, 5.41) is 0. The van der Waals surface area contributed by atoms with Crippen molar-refractivity contribution in [2.75, 3.05) is 7.11 Å². The number of rotatable bonds is 4. The van der Waals surface area contributed by atoms with Crippen LogP contribution in [0.4, 0.5) is 0 Å². The van der Waals surface area contributed by atoms with Gasteiger partial charge in [-0.1, -0.05) is 18.2 Å². The quantitative estimate of drug-likeness (QED) is 0.737. The molecule has 0 aliphatic carbocycles. The summed E-state index contributed by atoms with van der Waals surface area (Å²) in [6, 6.07) is 6.01. The Balaban J connectivity index is 3.02. The van der Waals surface area contributed by atoms with Crippen LogP contribution in [0.3, 0.4) is 0 Å². The maximum atomic E-state index is 5.95. The van der Waals surface area contributed by atoms with Gasteiger partial charge in [0, 0.05) is 0 Å². The second-order valence-corrected chi connectivity index (χ2v) is 9.05. The fraction of sp³-hybridized carbons (Fsp3) is 0.385. The normalized spacial score (nSPS) is 11.8. The summed E-state index contributed by atoms with van der Waals surface area (Å²) in [7, 11) is 0.0929. The highest BCUT2D eigenvalue weighted by molar-refractivity contribution is 6.70. The van der Waals surface area contributed by atoms with Gasteiger partial charge < -0.3 is 9.16 Å². The molecular formula is C13H20O2Si. The molecule has 3 heteroatoms. The van der Waals surface area contributed by atoms with Crippen molar-refractivity contribution in [2.24, 2.45) is 0 Å². The van der Waals surface area contributed by atoms with E-state index in [0.29, 0.717) is 0 Å². The molecule has 0 aliphatic heterocycles. The summed E-state index contributed by atoms with van der Waals surface area (Å²) in [6.45, 7) is 8.48. The molecule has 0 atom stereocenters. The SMILES string of the molecule is C/C=C/c1ccc(O[Si](C)(C)C)c(OC)c1. The molecule has 0 spiro atoms. The lowest BCUT2D eigenvalue weighted by atomic mass is 10.2. The predicted molar refractivity (Wildman–Crippen MR) is 71.7 cm³/mol. The highest BCUT2D eigenvalue weighted by atomic mass is 28.4. The summed E-state index contributed by atoms with van der Waals surface area (Å²) < 4.78 is 11.3. The molecule has 0 bridgehead atoms. The van der Waals surface area contributed by atoms with Crippen LogP contribution in [0, 0.1) is 0 Å². The molecule has 88 valence electrons. The molecule has 0 aliphatic rings. The lowest BCUT2D eigenvalue weighted by Gasteiger charge is -2.21. The van der Waals surface area contributed by atoms with E-state index in [4.69, 9.17) is 9.16 Å². The zero-order valence-corrected chi connectivity index (χ0v) is 11.7. The predicted octanol–water partition coefficient (Wildman–Crippen LogP) is 3.94. The lowest BCUT2D eigenvalue weighted by Crippen LogP contribution is -2.29. The highest BCUT2D eigenvalue weighted by Gasteiger charge is 2.18. The van der Waals surface area contributed by atoms with Crippen molar-refractivity contribution in [3.05, 3.63) is 29.8 Å². The average molecular weight is 236 g/mol. The van der Waals surface area contributed by atoms with Gasteiger partial charge in [-0.15, -0.1) is 0 Å². The Morgan fingerprint density at radius 1 is 1.12 bits per heavy atom. The number of allylic oxidation sites excluding steroid dienone is 1. The number of ether oxygens (including phenoxy) is 1. The largest absolute Gasteiger partial charge is 0.542 e. The van der Waals surface area contributed by atoms with Gasteiger partial charge in [0.25, 0.3) is 0 Å². The minimum Gasteiger partial charge on any atom is -0.542 e. The Bertz CT molecular complexity index is 378. The first-order chi connectivity index (χ1) is 7.46. The Hall–Kier alpha value is -1.22. The molecular weight excluding hydrogens is 216 g/mol. The van der Waals surface area contributed by atoms with Gasteiger partial charge >= 0.3 is 0 Å². The summed E-state index contributed by atoms with van der Waals surface area (Å²) in [5.41, 5.74) is 1.13. The van der Waals surface area contributed by atoms with Crippen LogP contribution in [0.2, 0.25) is 19.6 Å². The topological polar surface area (TPSA) is 18.5 Å². The van der Waals surface area contributed by atoms with Crippen molar-refractivity contribution in [2.45, 2.75) is 26.6 Å². The van der Waals surface area contributed by atoms with Crippen LogP contribution in [0.25, 0.3) is 6.08 Å². The van der Waals surface area contributed by atoms with Crippen LogP contribution in [-0.2, 0) is 0 Å². The zero-order valence-electron chi connectivity index (χ0n) is 10.7. The van der Waals surface area contributed by atoms with E-state index in [1.165, 1.54) is 0 Å². The van der Waals surface area contributed by atoms with E-state index in [9.17, 15) is 0 Å². The monoisotopic (exact) mass is 236 g/mol. The molecule has 1 rings (SSSR count). The molecule has 0 saturated heterocycles. The Morgan fingerprint density at radius 2 is 1.81 bits per heavy atom. The van der Waals surface area contributed by atoms with Crippen molar-refractivity contribution in [1.82, 2.24) is 0 Å². The molecule has 0 unspecified atom stereocenters. The van der Waals surface area contributed by atoms with Crippen molar-refractivity contribution in [3.63, 3.8) is 0 Å². The van der Waals surface area contributed by atoms with Gasteiger partial charge in [0.2, 0.25) is 8.32 Å². The van der Waals surface area contributed by atoms with Crippen LogP contribution < -0.4 is 9.16 Å². The Morgan fingerprint density at radius 3 is 2.31 bits per heavy atom. The van der Waals surface area contributed by atoms with E-state index in [1.807, 2.05) is 37.3 Å². The molecule has 0 heterocycles.